The number of halogens is 4. The fourth-order valence-corrected chi connectivity index (χ4v) is 2.32. The van der Waals surface area contributed by atoms with Crippen LogP contribution in [0.25, 0.3) is 5.69 Å². The number of carbonyl (C=O) groups excluding carboxylic acids is 1. The first-order valence-electron chi connectivity index (χ1n) is 6.71. The second kappa shape index (κ2) is 6.63. The van der Waals surface area contributed by atoms with E-state index in [-0.39, 0.29) is 20.8 Å². The Hall–Kier alpha value is -2.36. The first-order chi connectivity index (χ1) is 11.4. The van der Waals surface area contributed by atoms with Gasteiger partial charge in [0.1, 0.15) is 17.5 Å². The van der Waals surface area contributed by atoms with Gasteiger partial charge in [0.25, 0.3) is 5.91 Å². The van der Waals surface area contributed by atoms with Crippen LogP contribution < -0.4 is 5.32 Å². The van der Waals surface area contributed by atoms with Crippen LogP contribution in [0.1, 0.15) is 10.5 Å². The number of hydrogen-bond donors (Lipinski definition) is 1. The molecule has 0 unspecified atom stereocenters. The van der Waals surface area contributed by atoms with Crippen LogP contribution in [-0.4, -0.2) is 15.7 Å². The molecule has 0 aliphatic carbocycles. The summed E-state index contributed by atoms with van der Waals surface area (Å²) in [6, 6.07) is 9.06. The molecule has 0 atom stereocenters. The predicted octanol–water partition coefficient (Wildman–Crippen LogP) is 4.15. The quantitative estimate of drug-likeness (QED) is 0.489. The Morgan fingerprint density at radius 3 is 2.29 bits per heavy atom. The topological polar surface area (TPSA) is 46.9 Å². The Balaban J connectivity index is 1.80. The Kier molecular flexibility index (Phi) is 4.56. The highest BCUT2D eigenvalue weighted by Crippen LogP contribution is 2.21. The monoisotopic (exact) mass is 443 g/mol. The molecule has 0 aliphatic rings. The highest BCUT2D eigenvalue weighted by Gasteiger charge is 2.14. The number of nitrogens with one attached hydrogen (secondary N) is 1. The standard InChI is InChI=1S/C16H9F3IN3O/c17-9-1-3-11(4-2-9)23-6-5-14(22-23)16(24)21-10-7-12(18)15(20)13(19)8-10/h1-8H,(H,21,24). The van der Waals surface area contributed by atoms with Crippen LogP contribution in [0.4, 0.5) is 18.9 Å². The molecule has 0 fully saturated rings. The molecule has 2 aromatic carbocycles. The molecule has 3 aromatic rings. The van der Waals surface area contributed by atoms with Gasteiger partial charge in [0.05, 0.1) is 9.26 Å². The Morgan fingerprint density at radius 2 is 1.67 bits per heavy atom. The Bertz CT molecular complexity index is 886. The SMILES string of the molecule is O=C(Nc1cc(F)c(I)c(F)c1)c1ccn(-c2ccc(F)cc2)n1. The van der Waals surface area contributed by atoms with Crippen LogP contribution in [0.5, 0.6) is 0 Å². The van der Waals surface area contributed by atoms with E-state index in [1.807, 2.05) is 0 Å². The Labute approximate surface area is 148 Å². The molecule has 1 aromatic heterocycles. The molecule has 24 heavy (non-hydrogen) atoms. The minimum atomic E-state index is -0.761. The summed E-state index contributed by atoms with van der Waals surface area (Å²) in [5, 5.41) is 6.44. The molecular formula is C16H9F3IN3O. The van der Waals surface area contributed by atoms with E-state index in [4.69, 9.17) is 0 Å². The number of hydrogen-bond acceptors (Lipinski definition) is 2. The molecule has 1 amide bonds. The molecule has 122 valence electrons. The summed E-state index contributed by atoms with van der Waals surface area (Å²) in [5.41, 5.74) is 0.618. The molecular weight excluding hydrogens is 434 g/mol. The van der Waals surface area contributed by atoms with E-state index in [1.165, 1.54) is 63.8 Å². The van der Waals surface area contributed by atoms with Gasteiger partial charge in [0.2, 0.25) is 0 Å². The predicted molar refractivity (Wildman–Crippen MR) is 90.6 cm³/mol. The van der Waals surface area contributed by atoms with Gasteiger partial charge in [-0.15, -0.1) is 0 Å². The van der Waals surface area contributed by atoms with Crippen LogP contribution in [0, 0.1) is 21.0 Å². The number of carbonyl (C=O) groups is 1. The van der Waals surface area contributed by atoms with Crippen LogP contribution in [0.2, 0.25) is 0 Å². The highest BCUT2D eigenvalue weighted by molar-refractivity contribution is 14.1. The number of amides is 1. The zero-order valence-electron chi connectivity index (χ0n) is 11.9. The lowest BCUT2D eigenvalue weighted by Crippen LogP contribution is -2.14. The summed E-state index contributed by atoms with van der Waals surface area (Å²) in [5.74, 6) is -2.52. The van der Waals surface area contributed by atoms with Crippen LogP contribution in [0.3, 0.4) is 0 Å². The van der Waals surface area contributed by atoms with Crippen molar-refractivity contribution in [1.29, 1.82) is 0 Å². The Morgan fingerprint density at radius 1 is 1.04 bits per heavy atom. The maximum Gasteiger partial charge on any atom is 0.276 e. The van der Waals surface area contributed by atoms with Crippen LogP contribution in [0.15, 0.2) is 48.7 Å². The highest BCUT2D eigenvalue weighted by atomic mass is 127. The van der Waals surface area contributed by atoms with Gasteiger partial charge in [0.15, 0.2) is 5.69 Å². The van der Waals surface area contributed by atoms with E-state index in [0.717, 1.165) is 12.1 Å². The van der Waals surface area contributed by atoms with Gasteiger partial charge in [-0.05, 0) is 65.1 Å². The number of nitrogens with zero attached hydrogens (tertiary/aromatic N) is 2. The molecule has 0 saturated heterocycles. The molecule has 0 bridgehead atoms. The van der Waals surface area contributed by atoms with E-state index in [2.05, 4.69) is 10.4 Å². The normalized spacial score (nSPS) is 10.7. The van der Waals surface area contributed by atoms with E-state index in [0.29, 0.717) is 5.69 Å². The van der Waals surface area contributed by atoms with Gasteiger partial charge in [0, 0.05) is 11.9 Å². The van der Waals surface area contributed by atoms with Crippen molar-refractivity contribution in [3.05, 3.63) is 75.4 Å². The lowest BCUT2D eigenvalue weighted by molar-refractivity contribution is 0.102. The second-order valence-corrected chi connectivity index (χ2v) is 5.91. The number of benzene rings is 2. The summed E-state index contributed by atoms with van der Waals surface area (Å²) in [6.07, 6.45) is 1.53. The fraction of sp³-hybridized carbons (Fsp3) is 0. The molecule has 1 N–H and O–H groups in total. The van der Waals surface area contributed by atoms with Gasteiger partial charge in [-0.2, -0.15) is 5.10 Å². The average molecular weight is 443 g/mol. The van der Waals surface area contributed by atoms with Crippen LogP contribution in [-0.2, 0) is 0 Å². The number of rotatable bonds is 3. The van der Waals surface area contributed by atoms with Crippen molar-refractivity contribution in [1.82, 2.24) is 9.78 Å². The third-order valence-corrected chi connectivity index (χ3v) is 4.19. The molecule has 0 radical (unpaired) electrons. The van der Waals surface area contributed by atoms with Gasteiger partial charge < -0.3 is 5.32 Å². The van der Waals surface area contributed by atoms with Gasteiger partial charge >= 0.3 is 0 Å². The van der Waals surface area contributed by atoms with Gasteiger partial charge in [-0.1, -0.05) is 0 Å². The molecule has 3 rings (SSSR count). The van der Waals surface area contributed by atoms with Crippen molar-refractivity contribution in [2.45, 2.75) is 0 Å². The lowest BCUT2D eigenvalue weighted by atomic mass is 10.3. The van der Waals surface area contributed by atoms with E-state index < -0.39 is 17.5 Å². The largest absolute Gasteiger partial charge is 0.320 e. The van der Waals surface area contributed by atoms with Crippen molar-refractivity contribution < 1.29 is 18.0 Å². The molecule has 0 saturated carbocycles. The molecule has 8 heteroatoms. The van der Waals surface area contributed by atoms with Crippen molar-refractivity contribution >= 4 is 34.2 Å². The van der Waals surface area contributed by atoms with E-state index in [9.17, 15) is 18.0 Å². The second-order valence-electron chi connectivity index (χ2n) is 4.83. The van der Waals surface area contributed by atoms with Gasteiger partial charge in [-0.3, -0.25) is 4.79 Å². The number of anilines is 1. The van der Waals surface area contributed by atoms with Crippen molar-refractivity contribution in [2.75, 3.05) is 5.32 Å². The van der Waals surface area contributed by atoms with Crippen LogP contribution >= 0.6 is 22.6 Å². The third kappa shape index (κ3) is 3.42. The van der Waals surface area contributed by atoms with E-state index >= 15 is 0 Å². The zero-order valence-corrected chi connectivity index (χ0v) is 14.1. The number of aromatic nitrogens is 2. The molecule has 4 nitrogen and oxygen atoms in total. The molecule has 0 spiro atoms. The summed E-state index contributed by atoms with van der Waals surface area (Å²) >= 11 is 1.54. The summed E-state index contributed by atoms with van der Waals surface area (Å²) < 4.78 is 41.2. The van der Waals surface area contributed by atoms with Gasteiger partial charge in [-0.25, -0.2) is 17.9 Å². The third-order valence-electron chi connectivity index (χ3n) is 3.15. The summed E-state index contributed by atoms with van der Waals surface area (Å²) in [7, 11) is 0. The average Bonchev–Trinajstić information content (AvgIpc) is 3.03. The van der Waals surface area contributed by atoms with E-state index in [1.54, 1.807) is 0 Å². The molecule has 1 heterocycles. The smallest absolute Gasteiger partial charge is 0.276 e. The first kappa shape index (κ1) is 16.5. The van der Waals surface area contributed by atoms with Crippen molar-refractivity contribution in [2.24, 2.45) is 0 Å². The molecule has 0 aliphatic heterocycles. The lowest BCUT2D eigenvalue weighted by Gasteiger charge is -2.05. The minimum Gasteiger partial charge on any atom is -0.320 e. The fourth-order valence-electron chi connectivity index (χ4n) is 2.01. The maximum absolute atomic E-state index is 13.5. The minimum absolute atomic E-state index is 0.00764. The first-order valence-corrected chi connectivity index (χ1v) is 7.79. The van der Waals surface area contributed by atoms with Crippen molar-refractivity contribution in [3.8, 4) is 5.69 Å². The maximum atomic E-state index is 13.5. The summed E-state index contributed by atoms with van der Waals surface area (Å²) in [4.78, 5) is 12.1. The zero-order chi connectivity index (χ0) is 17.3. The van der Waals surface area contributed by atoms with Crippen molar-refractivity contribution in [3.63, 3.8) is 0 Å². The summed E-state index contributed by atoms with van der Waals surface area (Å²) in [6.45, 7) is 0.